The Balaban J connectivity index is 1.43. The van der Waals surface area contributed by atoms with Crippen LogP contribution in [0.4, 0.5) is 0 Å². The summed E-state index contributed by atoms with van der Waals surface area (Å²) >= 11 is 6.28. The maximum atomic E-state index is 12.7. The zero-order chi connectivity index (χ0) is 20.2. The first-order valence-electron chi connectivity index (χ1n) is 9.52. The Morgan fingerprint density at radius 1 is 1.28 bits per heavy atom. The topological polar surface area (TPSA) is 78.3 Å². The number of carbonyl (C=O) groups excluding carboxylic acids is 1. The molecule has 1 N–H and O–H groups in total. The molecule has 0 radical (unpaired) electrons. The highest BCUT2D eigenvalue weighted by atomic mass is 35.5. The predicted molar refractivity (Wildman–Crippen MR) is 109 cm³/mol. The number of hydrogen-bond acceptors (Lipinski definition) is 5. The van der Waals surface area contributed by atoms with Crippen LogP contribution >= 0.6 is 11.6 Å². The summed E-state index contributed by atoms with van der Waals surface area (Å²) in [6.45, 7) is 3.45. The number of ether oxygens (including phenoxy) is 2. The van der Waals surface area contributed by atoms with Gasteiger partial charge in [-0.05, 0) is 42.7 Å². The average molecular weight is 413 g/mol. The molecule has 1 aliphatic heterocycles. The fourth-order valence-corrected chi connectivity index (χ4v) is 3.59. The van der Waals surface area contributed by atoms with Crippen molar-refractivity contribution in [2.75, 3.05) is 19.8 Å². The smallest absolute Gasteiger partial charge is 0.254 e. The minimum absolute atomic E-state index is 0.160. The van der Waals surface area contributed by atoms with Gasteiger partial charge in [0.15, 0.2) is 17.3 Å². The van der Waals surface area contributed by atoms with Crippen molar-refractivity contribution in [3.8, 4) is 17.3 Å². The molecule has 3 heterocycles. The van der Waals surface area contributed by atoms with E-state index in [-0.39, 0.29) is 5.91 Å². The number of fused-ring (bicyclic) bond motifs is 1. The molecular formula is C21H21ClN4O3. The van der Waals surface area contributed by atoms with E-state index in [2.05, 4.69) is 15.4 Å². The summed E-state index contributed by atoms with van der Waals surface area (Å²) in [6.07, 6.45) is 4.58. The fraction of sp³-hybridized carbons (Fsp3) is 0.286. The summed E-state index contributed by atoms with van der Waals surface area (Å²) in [5.41, 5.74) is 2.35. The fourth-order valence-electron chi connectivity index (χ4n) is 3.30. The monoisotopic (exact) mass is 412 g/mol. The number of aromatic nitrogens is 3. The molecule has 2 aromatic heterocycles. The van der Waals surface area contributed by atoms with Crippen molar-refractivity contribution in [2.45, 2.75) is 19.8 Å². The summed E-state index contributed by atoms with van der Waals surface area (Å²) in [4.78, 5) is 17.0. The normalized spacial score (nSPS) is 12.6. The van der Waals surface area contributed by atoms with Crippen LogP contribution in [0, 0.1) is 0 Å². The second kappa shape index (κ2) is 8.53. The van der Waals surface area contributed by atoms with Gasteiger partial charge in [0.1, 0.15) is 13.2 Å². The van der Waals surface area contributed by atoms with Crippen LogP contribution in [-0.2, 0) is 12.8 Å². The molecule has 8 heteroatoms. The van der Waals surface area contributed by atoms with Gasteiger partial charge >= 0.3 is 0 Å². The molecule has 29 heavy (non-hydrogen) atoms. The number of nitrogens with zero attached hydrogens (tertiary/aromatic N) is 3. The first-order chi connectivity index (χ1) is 14.2. The van der Waals surface area contributed by atoms with E-state index in [1.807, 2.05) is 37.3 Å². The maximum Gasteiger partial charge on any atom is 0.254 e. The molecule has 0 aliphatic carbocycles. The van der Waals surface area contributed by atoms with E-state index in [1.165, 1.54) is 0 Å². The molecule has 0 atom stereocenters. The van der Waals surface area contributed by atoms with Crippen LogP contribution in [0.2, 0.25) is 5.02 Å². The van der Waals surface area contributed by atoms with E-state index in [0.29, 0.717) is 60.5 Å². The third kappa shape index (κ3) is 4.05. The second-order valence-corrected chi connectivity index (χ2v) is 6.97. The van der Waals surface area contributed by atoms with Crippen LogP contribution in [0.3, 0.4) is 0 Å². The Kier molecular flexibility index (Phi) is 5.67. The van der Waals surface area contributed by atoms with Crippen LogP contribution in [-0.4, -0.2) is 40.4 Å². The SMILES string of the molecule is CCc1c(C(=O)NCCc2cc(Cl)c3c(c2)OCCO3)cnn1-c1ccccn1. The molecule has 0 unspecified atom stereocenters. The van der Waals surface area contributed by atoms with Gasteiger partial charge in [-0.1, -0.05) is 24.6 Å². The van der Waals surface area contributed by atoms with Gasteiger partial charge in [-0.15, -0.1) is 0 Å². The third-order valence-corrected chi connectivity index (χ3v) is 4.95. The summed E-state index contributed by atoms with van der Waals surface area (Å²) < 4.78 is 12.8. The van der Waals surface area contributed by atoms with E-state index in [9.17, 15) is 4.79 Å². The number of hydrogen-bond donors (Lipinski definition) is 1. The molecule has 1 amide bonds. The minimum Gasteiger partial charge on any atom is -0.486 e. The van der Waals surface area contributed by atoms with Crippen LogP contribution in [0.1, 0.15) is 28.5 Å². The van der Waals surface area contributed by atoms with Gasteiger partial charge in [-0.2, -0.15) is 5.10 Å². The van der Waals surface area contributed by atoms with E-state index in [1.54, 1.807) is 17.1 Å². The quantitative estimate of drug-likeness (QED) is 0.672. The van der Waals surface area contributed by atoms with Gasteiger partial charge in [-0.3, -0.25) is 4.79 Å². The van der Waals surface area contributed by atoms with Crippen molar-refractivity contribution in [3.05, 3.63) is 64.6 Å². The Labute approximate surface area is 173 Å². The van der Waals surface area contributed by atoms with E-state index in [4.69, 9.17) is 21.1 Å². The number of amides is 1. The Bertz CT molecular complexity index is 1020. The van der Waals surface area contributed by atoms with E-state index >= 15 is 0 Å². The molecule has 1 aliphatic rings. The third-order valence-electron chi connectivity index (χ3n) is 4.67. The molecule has 4 rings (SSSR count). The number of pyridine rings is 1. The first-order valence-corrected chi connectivity index (χ1v) is 9.89. The molecule has 150 valence electrons. The van der Waals surface area contributed by atoms with Crippen molar-refractivity contribution >= 4 is 17.5 Å². The van der Waals surface area contributed by atoms with Crippen LogP contribution in [0.25, 0.3) is 5.82 Å². The molecule has 1 aromatic carbocycles. The highest BCUT2D eigenvalue weighted by Gasteiger charge is 2.19. The lowest BCUT2D eigenvalue weighted by Crippen LogP contribution is -2.26. The number of halogens is 1. The Morgan fingerprint density at radius 3 is 2.93 bits per heavy atom. The van der Waals surface area contributed by atoms with Crippen molar-refractivity contribution < 1.29 is 14.3 Å². The molecule has 0 fully saturated rings. The minimum atomic E-state index is -0.160. The lowest BCUT2D eigenvalue weighted by atomic mass is 10.1. The number of rotatable bonds is 6. The molecular weight excluding hydrogens is 392 g/mol. The molecule has 3 aromatic rings. The lowest BCUT2D eigenvalue weighted by molar-refractivity contribution is 0.0953. The summed E-state index contributed by atoms with van der Waals surface area (Å²) in [5.74, 6) is 1.76. The summed E-state index contributed by atoms with van der Waals surface area (Å²) in [5, 5.41) is 7.83. The van der Waals surface area contributed by atoms with Gasteiger partial charge in [0.2, 0.25) is 0 Å². The zero-order valence-corrected chi connectivity index (χ0v) is 16.8. The van der Waals surface area contributed by atoms with Crippen molar-refractivity contribution in [1.29, 1.82) is 0 Å². The zero-order valence-electron chi connectivity index (χ0n) is 16.0. The summed E-state index contributed by atoms with van der Waals surface area (Å²) in [7, 11) is 0. The van der Waals surface area contributed by atoms with Gasteiger partial charge in [0.05, 0.1) is 22.5 Å². The predicted octanol–water partition coefficient (Wildman–Crippen LogP) is 3.23. The van der Waals surface area contributed by atoms with Crippen LogP contribution in [0.15, 0.2) is 42.7 Å². The highest BCUT2D eigenvalue weighted by molar-refractivity contribution is 6.32. The summed E-state index contributed by atoms with van der Waals surface area (Å²) in [6, 6.07) is 9.35. The van der Waals surface area contributed by atoms with E-state index < -0.39 is 0 Å². The average Bonchev–Trinajstić information content (AvgIpc) is 3.18. The highest BCUT2D eigenvalue weighted by Crippen LogP contribution is 2.38. The van der Waals surface area contributed by atoms with Gasteiger partial charge in [0, 0.05) is 12.7 Å². The van der Waals surface area contributed by atoms with Crippen molar-refractivity contribution in [3.63, 3.8) is 0 Å². The molecule has 0 saturated carbocycles. The molecule has 0 saturated heterocycles. The lowest BCUT2D eigenvalue weighted by Gasteiger charge is -2.20. The van der Waals surface area contributed by atoms with Crippen molar-refractivity contribution in [1.82, 2.24) is 20.1 Å². The van der Waals surface area contributed by atoms with Crippen molar-refractivity contribution in [2.24, 2.45) is 0 Å². The first kappa shape index (κ1) is 19.3. The van der Waals surface area contributed by atoms with Crippen LogP contribution in [0.5, 0.6) is 11.5 Å². The number of benzene rings is 1. The van der Waals surface area contributed by atoms with Gasteiger partial charge in [0.25, 0.3) is 5.91 Å². The van der Waals surface area contributed by atoms with Crippen LogP contribution < -0.4 is 14.8 Å². The number of carbonyl (C=O) groups is 1. The largest absolute Gasteiger partial charge is 0.486 e. The standard InChI is InChI=1S/C21H21ClN4O3/c1-2-17-15(13-25-26(17)19-5-3-4-7-23-19)21(27)24-8-6-14-11-16(22)20-18(12-14)28-9-10-29-20/h3-5,7,11-13H,2,6,8-10H2,1H3,(H,24,27). The Morgan fingerprint density at radius 2 is 2.14 bits per heavy atom. The van der Waals surface area contributed by atoms with Gasteiger partial charge in [-0.25, -0.2) is 9.67 Å². The van der Waals surface area contributed by atoms with E-state index in [0.717, 1.165) is 11.3 Å². The molecule has 0 spiro atoms. The van der Waals surface area contributed by atoms with Gasteiger partial charge < -0.3 is 14.8 Å². The maximum absolute atomic E-state index is 12.7. The Hall–Kier alpha value is -3.06. The molecule has 7 nitrogen and oxygen atoms in total. The molecule has 0 bridgehead atoms. The second-order valence-electron chi connectivity index (χ2n) is 6.57. The number of nitrogens with one attached hydrogen (secondary N) is 1.